The van der Waals surface area contributed by atoms with E-state index in [-0.39, 0.29) is 30.5 Å². The molecule has 0 bridgehead atoms. The predicted molar refractivity (Wildman–Crippen MR) is 96.8 cm³/mol. The van der Waals surface area contributed by atoms with E-state index >= 15 is 0 Å². The zero-order valence-corrected chi connectivity index (χ0v) is 15.8. The van der Waals surface area contributed by atoms with Crippen molar-refractivity contribution in [3.63, 3.8) is 0 Å². The van der Waals surface area contributed by atoms with Crippen LogP contribution in [0.4, 0.5) is 0 Å². The van der Waals surface area contributed by atoms with Gasteiger partial charge in [-0.1, -0.05) is 48.7 Å². The molecular formula is C15H22Cl4N2O. The maximum Gasteiger partial charge on any atom is 0.0641 e. The lowest BCUT2D eigenvalue weighted by molar-refractivity contribution is 0.0306. The lowest BCUT2D eigenvalue weighted by atomic mass is 9.79. The van der Waals surface area contributed by atoms with E-state index < -0.39 is 0 Å². The lowest BCUT2D eigenvalue weighted by Gasteiger charge is -2.44. The molecule has 1 heterocycles. The minimum Gasteiger partial charge on any atom is -0.396 e. The van der Waals surface area contributed by atoms with Gasteiger partial charge < -0.3 is 10.4 Å². The van der Waals surface area contributed by atoms with Crippen LogP contribution < -0.4 is 5.32 Å². The van der Waals surface area contributed by atoms with Crippen LogP contribution in [0, 0.1) is 5.41 Å². The molecule has 1 saturated heterocycles. The van der Waals surface area contributed by atoms with Crippen LogP contribution in [-0.2, 0) is 0 Å². The van der Waals surface area contributed by atoms with Crippen LogP contribution in [0.2, 0.25) is 15.1 Å². The molecule has 1 aromatic carbocycles. The number of aliphatic hydroxyl groups excluding tert-OH is 1. The molecule has 0 aromatic heterocycles. The van der Waals surface area contributed by atoms with Gasteiger partial charge in [-0.3, -0.25) is 4.90 Å². The first-order valence-electron chi connectivity index (χ1n) is 7.07. The molecule has 0 unspecified atom stereocenters. The topological polar surface area (TPSA) is 35.5 Å². The Morgan fingerprint density at radius 1 is 1.23 bits per heavy atom. The largest absolute Gasteiger partial charge is 0.396 e. The molecule has 1 aliphatic rings. The average molecular weight is 388 g/mol. The van der Waals surface area contributed by atoms with Gasteiger partial charge in [-0.05, 0) is 17.7 Å². The van der Waals surface area contributed by atoms with Crippen molar-refractivity contribution in [3.05, 3.63) is 32.8 Å². The van der Waals surface area contributed by atoms with Crippen molar-refractivity contribution in [1.29, 1.82) is 0 Å². The van der Waals surface area contributed by atoms with Crippen molar-refractivity contribution >= 4 is 47.2 Å². The summed E-state index contributed by atoms with van der Waals surface area (Å²) >= 11 is 18.8. The number of piperazine rings is 1. The third-order valence-electron chi connectivity index (χ3n) is 3.98. The van der Waals surface area contributed by atoms with Gasteiger partial charge in [-0.15, -0.1) is 12.4 Å². The number of benzene rings is 1. The molecule has 0 saturated carbocycles. The Balaban J connectivity index is 0.00000242. The van der Waals surface area contributed by atoms with E-state index in [1.165, 1.54) is 0 Å². The molecule has 0 aliphatic carbocycles. The highest BCUT2D eigenvalue weighted by Gasteiger charge is 2.37. The lowest BCUT2D eigenvalue weighted by Crippen LogP contribution is -2.49. The van der Waals surface area contributed by atoms with E-state index in [0.717, 1.165) is 31.7 Å². The Labute approximate surface area is 153 Å². The van der Waals surface area contributed by atoms with E-state index in [2.05, 4.69) is 10.2 Å². The van der Waals surface area contributed by atoms with Crippen molar-refractivity contribution in [2.45, 2.75) is 19.9 Å². The number of hydrogen-bond acceptors (Lipinski definition) is 3. The Hall–Kier alpha value is 0.260. The first kappa shape index (κ1) is 20.3. The smallest absolute Gasteiger partial charge is 0.0641 e. The van der Waals surface area contributed by atoms with E-state index in [0.29, 0.717) is 15.1 Å². The maximum atomic E-state index is 9.83. The van der Waals surface area contributed by atoms with Crippen LogP contribution >= 0.6 is 47.2 Å². The predicted octanol–water partition coefficient (Wildman–Crippen LogP) is 4.03. The number of hydrogen-bond donors (Lipinski definition) is 2. The summed E-state index contributed by atoms with van der Waals surface area (Å²) in [4.78, 5) is 2.33. The van der Waals surface area contributed by atoms with Crippen molar-refractivity contribution in [1.82, 2.24) is 10.2 Å². The van der Waals surface area contributed by atoms with E-state index in [1.807, 2.05) is 19.9 Å². The Bertz CT molecular complexity index is 505. The molecule has 2 rings (SSSR count). The molecule has 126 valence electrons. The zero-order chi connectivity index (χ0) is 15.6. The number of nitrogens with one attached hydrogen (secondary N) is 1. The van der Waals surface area contributed by atoms with Gasteiger partial charge in [-0.25, -0.2) is 0 Å². The second kappa shape index (κ2) is 8.39. The molecule has 1 aliphatic heterocycles. The summed E-state index contributed by atoms with van der Waals surface area (Å²) in [7, 11) is 0. The monoisotopic (exact) mass is 386 g/mol. The highest BCUT2D eigenvalue weighted by molar-refractivity contribution is 6.43. The van der Waals surface area contributed by atoms with E-state index in [9.17, 15) is 5.11 Å². The molecule has 22 heavy (non-hydrogen) atoms. The van der Waals surface area contributed by atoms with Gasteiger partial charge in [-0.2, -0.15) is 0 Å². The number of rotatable bonds is 4. The SMILES string of the molecule is CC(C)(CO)[C@H](c1cc(Cl)cc(Cl)c1Cl)N1CCNCC1.Cl. The van der Waals surface area contributed by atoms with Crippen molar-refractivity contribution in [2.75, 3.05) is 32.8 Å². The van der Waals surface area contributed by atoms with Crippen LogP contribution in [0.3, 0.4) is 0 Å². The zero-order valence-electron chi connectivity index (χ0n) is 12.7. The van der Waals surface area contributed by atoms with Gasteiger partial charge in [0.2, 0.25) is 0 Å². The highest BCUT2D eigenvalue weighted by atomic mass is 35.5. The minimum absolute atomic E-state index is 0. The molecular weight excluding hydrogens is 366 g/mol. The van der Waals surface area contributed by atoms with Crippen LogP contribution in [0.25, 0.3) is 0 Å². The summed E-state index contributed by atoms with van der Waals surface area (Å²) in [5.41, 5.74) is 0.532. The third-order valence-corrected chi connectivity index (χ3v) is 5.02. The molecule has 1 fully saturated rings. The summed E-state index contributed by atoms with van der Waals surface area (Å²) in [6.07, 6.45) is 0. The first-order chi connectivity index (χ1) is 9.86. The molecule has 2 N–H and O–H groups in total. The molecule has 3 nitrogen and oxygen atoms in total. The van der Waals surface area contributed by atoms with Crippen LogP contribution in [0.1, 0.15) is 25.5 Å². The van der Waals surface area contributed by atoms with Gasteiger partial charge in [0.1, 0.15) is 0 Å². The normalized spacial score (nSPS) is 17.9. The molecule has 0 amide bonds. The van der Waals surface area contributed by atoms with Crippen LogP contribution in [0.15, 0.2) is 12.1 Å². The number of aliphatic hydroxyl groups is 1. The number of halogens is 4. The summed E-state index contributed by atoms with van der Waals surface area (Å²) in [6, 6.07) is 3.48. The Morgan fingerprint density at radius 2 is 1.82 bits per heavy atom. The second-order valence-electron chi connectivity index (χ2n) is 6.13. The van der Waals surface area contributed by atoms with Crippen LogP contribution in [-0.4, -0.2) is 42.8 Å². The van der Waals surface area contributed by atoms with Gasteiger partial charge in [0.05, 0.1) is 10.0 Å². The van der Waals surface area contributed by atoms with Crippen LogP contribution in [0.5, 0.6) is 0 Å². The number of nitrogens with zero attached hydrogens (tertiary/aromatic N) is 1. The Morgan fingerprint density at radius 3 is 2.36 bits per heavy atom. The molecule has 1 atom stereocenters. The fourth-order valence-corrected chi connectivity index (χ4v) is 3.64. The van der Waals surface area contributed by atoms with E-state index in [4.69, 9.17) is 34.8 Å². The molecule has 1 aromatic rings. The summed E-state index contributed by atoms with van der Waals surface area (Å²) in [6.45, 7) is 7.76. The maximum absolute atomic E-state index is 9.83. The third kappa shape index (κ3) is 4.41. The summed E-state index contributed by atoms with van der Waals surface area (Å²) in [5.74, 6) is 0. The molecule has 0 spiro atoms. The van der Waals surface area contributed by atoms with Crippen molar-refractivity contribution in [3.8, 4) is 0 Å². The Kier molecular flexibility index (Phi) is 7.74. The van der Waals surface area contributed by atoms with Gasteiger partial charge in [0.15, 0.2) is 0 Å². The highest BCUT2D eigenvalue weighted by Crippen LogP contribution is 2.44. The van der Waals surface area contributed by atoms with Gasteiger partial charge in [0.25, 0.3) is 0 Å². The van der Waals surface area contributed by atoms with Crippen molar-refractivity contribution < 1.29 is 5.11 Å². The van der Waals surface area contributed by atoms with Gasteiger partial charge in [0, 0.05) is 49.3 Å². The quantitative estimate of drug-likeness (QED) is 0.765. The molecule has 0 radical (unpaired) electrons. The van der Waals surface area contributed by atoms with E-state index in [1.54, 1.807) is 6.07 Å². The van der Waals surface area contributed by atoms with Gasteiger partial charge >= 0.3 is 0 Å². The first-order valence-corrected chi connectivity index (χ1v) is 8.20. The summed E-state index contributed by atoms with van der Waals surface area (Å²) < 4.78 is 0. The fourth-order valence-electron chi connectivity index (χ4n) is 2.91. The van der Waals surface area contributed by atoms with Crippen molar-refractivity contribution in [2.24, 2.45) is 5.41 Å². The minimum atomic E-state index is -0.352. The standard InChI is InChI=1S/C15H21Cl3N2O.ClH/c1-15(2,9-21)14(20-5-3-19-4-6-20)11-7-10(16)8-12(17)13(11)18;/h7-8,14,19,21H,3-6,9H2,1-2H3;1H/t14-;/m0./s1. The fraction of sp³-hybridized carbons (Fsp3) is 0.600. The summed E-state index contributed by atoms with van der Waals surface area (Å²) in [5, 5.41) is 14.7. The average Bonchev–Trinajstić information content (AvgIpc) is 2.45. The molecule has 7 heteroatoms. The second-order valence-corrected chi connectivity index (χ2v) is 7.35.